The summed E-state index contributed by atoms with van der Waals surface area (Å²) in [6.07, 6.45) is 0.974. The van der Waals surface area contributed by atoms with E-state index in [2.05, 4.69) is 15.5 Å². The molecule has 0 saturated carbocycles. The summed E-state index contributed by atoms with van der Waals surface area (Å²) in [6, 6.07) is 8.08. The normalized spacial score (nSPS) is 10.7. The third kappa shape index (κ3) is 3.22. The second kappa shape index (κ2) is 6.82. The number of alkyl halides is 1. The van der Waals surface area contributed by atoms with E-state index in [4.69, 9.17) is 11.6 Å². The molecule has 0 amide bonds. The molecule has 0 unspecified atom stereocenters. The van der Waals surface area contributed by atoms with Crippen LogP contribution in [0.2, 0.25) is 0 Å². The Labute approximate surface area is 122 Å². The molecule has 0 bridgehead atoms. The summed E-state index contributed by atoms with van der Waals surface area (Å²) in [6.45, 7) is 0. The molecule has 1 heterocycles. The number of halogens is 1. The Hall–Kier alpha value is -1.20. The van der Waals surface area contributed by atoms with Crippen LogP contribution in [0.1, 0.15) is 6.42 Å². The van der Waals surface area contributed by atoms with Crippen molar-refractivity contribution in [2.24, 2.45) is 7.05 Å². The molecule has 1 aromatic heterocycles. The van der Waals surface area contributed by atoms with Gasteiger partial charge in [0, 0.05) is 37.0 Å². The van der Waals surface area contributed by atoms with Gasteiger partial charge in [-0.15, -0.1) is 21.8 Å². The summed E-state index contributed by atoms with van der Waals surface area (Å²) in [5.41, 5.74) is 2.11. The van der Waals surface area contributed by atoms with E-state index in [0.29, 0.717) is 5.88 Å². The molecule has 0 aliphatic heterocycles. The lowest BCUT2D eigenvalue weighted by Crippen LogP contribution is -1.98. The third-order valence-electron chi connectivity index (χ3n) is 2.78. The lowest BCUT2D eigenvalue weighted by Gasteiger charge is -2.08. The summed E-state index contributed by atoms with van der Waals surface area (Å²) < 4.78 is 2.02. The van der Waals surface area contributed by atoms with E-state index in [1.54, 1.807) is 11.8 Å². The highest BCUT2D eigenvalue weighted by molar-refractivity contribution is 7.99. The molecule has 0 atom stereocenters. The molecule has 1 aromatic carbocycles. The number of thioether (sulfide) groups is 1. The van der Waals surface area contributed by atoms with Crippen molar-refractivity contribution in [2.45, 2.75) is 11.6 Å². The Bertz CT molecular complexity index is 541. The first kappa shape index (κ1) is 14.2. The molecular formula is C13H17ClN4S. The van der Waals surface area contributed by atoms with Crippen LogP contribution in [-0.4, -0.2) is 33.4 Å². The lowest BCUT2D eigenvalue weighted by atomic mass is 10.1. The van der Waals surface area contributed by atoms with Gasteiger partial charge < -0.3 is 9.88 Å². The number of anilines is 1. The fraction of sp³-hybridized carbons (Fsp3) is 0.385. The summed E-state index contributed by atoms with van der Waals surface area (Å²) in [4.78, 5) is 0. The zero-order chi connectivity index (χ0) is 13.7. The van der Waals surface area contributed by atoms with E-state index in [1.807, 2.05) is 42.9 Å². The van der Waals surface area contributed by atoms with Crippen molar-refractivity contribution in [1.29, 1.82) is 0 Å². The van der Waals surface area contributed by atoms with Crippen molar-refractivity contribution < 1.29 is 0 Å². The van der Waals surface area contributed by atoms with Crippen molar-refractivity contribution in [3.05, 3.63) is 24.3 Å². The van der Waals surface area contributed by atoms with Crippen LogP contribution in [0.15, 0.2) is 29.4 Å². The summed E-state index contributed by atoms with van der Waals surface area (Å²) >= 11 is 7.37. The lowest BCUT2D eigenvalue weighted by molar-refractivity contribution is 0.793. The van der Waals surface area contributed by atoms with Crippen LogP contribution in [-0.2, 0) is 7.05 Å². The molecule has 0 spiro atoms. The van der Waals surface area contributed by atoms with Crippen molar-refractivity contribution in [3.8, 4) is 11.4 Å². The fourth-order valence-corrected chi connectivity index (χ4v) is 2.93. The smallest absolute Gasteiger partial charge is 0.191 e. The molecule has 4 nitrogen and oxygen atoms in total. The molecule has 0 aliphatic carbocycles. The zero-order valence-electron chi connectivity index (χ0n) is 11.1. The van der Waals surface area contributed by atoms with Gasteiger partial charge in [-0.25, -0.2) is 0 Å². The van der Waals surface area contributed by atoms with Gasteiger partial charge in [-0.1, -0.05) is 23.9 Å². The second-order valence-electron chi connectivity index (χ2n) is 4.05. The summed E-state index contributed by atoms with van der Waals surface area (Å²) in [7, 11) is 3.90. The number of benzene rings is 1. The van der Waals surface area contributed by atoms with Crippen LogP contribution in [0.3, 0.4) is 0 Å². The summed E-state index contributed by atoms with van der Waals surface area (Å²) in [5, 5.41) is 12.6. The number of nitrogens with zero attached hydrogens (tertiary/aromatic N) is 3. The molecule has 6 heteroatoms. The molecule has 2 aromatic rings. The Kier molecular flexibility index (Phi) is 5.10. The van der Waals surface area contributed by atoms with Gasteiger partial charge in [-0.05, 0) is 18.6 Å². The standard InChI is InChI=1S/C13H17ClN4S/c1-15-11-7-4-3-6-10(11)12-16-17-13(18(12)2)19-9-5-8-14/h3-4,6-7,15H,5,8-9H2,1-2H3. The molecule has 0 fully saturated rings. The predicted molar refractivity (Wildman–Crippen MR) is 82.0 cm³/mol. The minimum absolute atomic E-state index is 0.681. The maximum absolute atomic E-state index is 5.68. The van der Waals surface area contributed by atoms with Crippen LogP contribution in [0.4, 0.5) is 5.69 Å². The van der Waals surface area contributed by atoms with Gasteiger partial charge in [0.2, 0.25) is 0 Å². The minimum atomic E-state index is 0.681. The Morgan fingerprint density at radius 1 is 1.32 bits per heavy atom. The molecule has 19 heavy (non-hydrogen) atoms. The number of para-hydroxylation sites is 1. The molecule has 0 radical (unpaired) electrons. The quantitative estimate of drug-likeness (QED) is 0.505. The average molecular weight is 297 g/mol. The largest absolute Gasteiger partial charge is 0.388 e. The molecule has 2 rings (SSSR count). The predicted octanol–water partition coefficient (Wildman–Crippen LogP) is 3.24. The maximum atomic E-state index is 5.68. The van der Waals surface area contributed by atoms with Crippen molar-refractivity contribution in [3.63, 3.8) is 0 Å². The van der Waals surface area contributed by atoms with E-state index >= 15 is 0 Å². The Morgan fingerprint density at radius 3 is 2.84 bits per heavy atom. The van der Waals surface area contributed by atoms with Crippen LogP contribution >= 0.6 is 23.4 Å². The molecular weight excluding hydrogens is 280 g/mol. The SMILES string of the molecule is CNc1ccccc1-c1nnc(SCCCCl)n1C. The molecule has 102 valence electrons. The second-order valence-corrected chi connectivity index (χ2v) is 5.49. The van der Waals surface area contributed by atoms with E-state index < -0.39 is 0 Å². The summed E-state index contributed by atoms with van der Waals surface area (Å²) in [5.74, 6) is 2.52. The van der Waals surface area contributed by atoms with Crippen molar-refractivity contribution >= 4 is 29.1 Å². The van der Waals surface area contributed by atoms with Crippen LogP contribution in [0, 0.1) is 0 Å². The first-order valence-corrected chi connectivity index (χ1v) is 7.65. The Balaban J connectivity index is 2.26. The van der Waals surface area contributed by atoms with Crippen molar-refractivity contribution in [2.75, 3.05) is 24.0 Å². The number of hydrogen-bond acceptors (Lipinski definition) is 4. The molecule has 0 saturated heterocycles. The van der Waals surface area contributed by atoms with Crippen LogP contribution < -0.4 is 5.32 Å². The van der Waals surface area contributed by atoms with Gasteiger partial charge in [-0.3, -0.25) is 0 Å². The van der Waals surface area contributed by atoms with Crippen LogP contribution in [0.25, 0.3) is 11.4 Å². The maximum Gasteiger partial charge on any atom is 0.191 e. The van der Waals surface area contributed by atoms with Crippen molar-refractivity contribution in [1.82, 2.24) is 14.8 Å². The number of nitrogens with one attached hydrogen (secondary N) is 1. The van der Waals surface area contributed by atoms with Gasteiger partial charge in [0.05, 0.1) is 0 Å². The van der Waals surface area contributed by atoms with E-state index in [9.17, 15) is 0 Å². The van der Waals surface area contributed by atoms with Gasteiger partial charge in [0.15, 0.2) is 11.0 Å². The molecule has 1 N–H and O–H groups in total. The van der Waals surface area contributed by atoms with Crippen LogP contribution in [0.5, 0.6) is 0 Å². The average Bonchev–Trinajstić information content (AvgIpc) is 2.80. The fourth-order valence-electron chi connectivity index (χ4n) is 1.79. The number of aromatic nitrogens is 3. The van der Waals surface area contributed by atoms with E-state index in [0.717, 1.165) is 34.4 Å². The van der Waals surface area contributed by atoms with Gasteiger partial charge in [0.1, 0.15) is 0 Å². The monoisotopic (exact) mass is 296 g/mol. The van der Waals surface area contributed by atoms with Gasteiger partial charge in [-0.2, -0.15) is 0 Å². The number of rotatable bonds is 6. The Morgan fingerprint density at radius 2 is 2.11 bits per heavy atom. The molecule has 0 aliphatic rings. The van der Waals surface area contributed by atoms with E-state index in [1.165, 1.54) is 0 Å². The minimum Gasteiger partial charge on any atom is -0.388 e. The first-order valence-electron chi connectivity index (χ1n) is 6.13. The highest BCUT2D eigenvalue weighted by atomic mass is 35.5. The number of hydrogen-bond donors (Lipinski definition) is 1. The van der Waals surface area contributed by atoms with Gasteiger partial charge in [0.25, 0.3) is 0 Å². The first-order chi connectivity index (χ1) is 9.27. The zero-order valence-corrected chi connectivity index (χ0v) is 12.6. The highest BCUT2D eigenvalue weighted by Crippen LogP contribution is 2.28. The topological polar surface area (TPSA) is 42.7 Å². The third-order valence-corrected chi connectivity index (χ3v) is 4.16. The van der Waals surface area contributed by atoms with Gasteiger partial charge >= 0.3 is 0 Å². The van der Waals surface area contributed by atoms with E-state index in [-0.39, 0.29) is 0 Å². The highest BCUT2D eigenvalue weighted by Gasteiger charge is 2.13.